The molecule has 0 aliphatic rings. The minimum Gasteiger partial charge on any atom is -0.451 e. The lowest BCUT2D eigenvalue weighted by Gasteiger charge is -2.43. The van der Waals surface area contributed by atoms with Crippen molar-refractivity contribution in [3.63, 3.8) is 0 Å². The van der Waals surface area contributed by atoms with Crippen molar-refractivity contribution < 1.29 is 4.12 Å². The van der Waals surface area contributed by atoms with Gasteiger partial charge in [0, 0.05) is 0 Å². The van der Waals surface area contributed by atoms with E-state index in [0.29, 0.717) is 0 Å². The number of hydrogen-bond donors (Lipinski definition) is 0. The molecule has 0 amide bonds. The summed E-state index contributed by atoms with van der Waals surface area (Å²) >= 11 is 28.4. The molecule has 0 saturated carbocycles. The molecule has 0 aromatic carbocycles. The van der Waals surface area contributed by atoms with Gasteiger partial charge >= 0.3 is 0 Å². The van der Waals surface area contributed by atoms with E-state index in [9.17, 15) is 0 Å². The second-order valence-electron chi connectivity index (χ2n) is 4.24. The first kappa shape index (κ1) is 17.7. The molecule has 0 heterocycles. The van der Waals surface area contributed by atoms with Gasteiger partial charge in [0.2, 0.25) is 3.42 Å². The maximum absolute atomic E-state index is 6.10. The maximum Gasteiger partial charge on any atom is 0.273 e. The van der Waals surface area contributed by atoms with Gasteiger partial charge in [-0.15, -0.1) is 0 Å². The molecule has 15 heavy (non-hydrogen) atoms. The summed E-state index contributed by atoms with van der Waals surface area (Å²) in [6.45, 7) is 8.06. The van der Waals surface area contributed by atoms with Gasteiger partial charge in [-0.3, -0.25) is 0 Å². The molecule has 0 rings (SSSR count). The summed E-state index contributed by atoms with van der Waals surface area (Å²) in [5.41, 5.74) is 0. The summed E-state index contributed by atoms with van der Waals surface area (Å²) in [5, 5.41) is 0. The molecule has 1 nitrogen and oxygen atoms in total. The minimum atomic E-state index is -2.68. The van der Waals surface area contributed by atoms with Crippen molar-refractivity contribution in [2.24, 2.45) is 0 Å². The van der Waals surface area contributed by atoms with E-state index in [1.807, 2.05) is 6.55 Å². The quantitative estimate of drug-likeness (QED) is 0.348. The third-order valence-corrected chi connectivity index (χ3v) is 17.9. The summed E-state index contributed by atoms with van der Waals surface area (Å²) in [6.07, 6.45) is 0. The zero-order valence-electron chi connectivity index (χ0n) is 8.68. The van der Waals surface area contributed by atoms with E-state index in [2.05, 4.69) is 67.4 Å². The van der Waals surface area contributed by atoms with E-state index in [1.165, 1.54) is 0 Å². The van der Waals surface area contributed by atoms with Gasteiger partial charge < -0.3 is 4.12 Å². The number of halogens is 6. The maximum atomic E-state index is 6.10. The highest BCUT2D eigenvalue weighted by Crippen LogP contribution is 2.53. The second-order valence-corrected chi connectivity index (χ2v) is 25.0. The first-order valence-electron chi connectivity index (χ1n) is 4.04. The fourth-order valence-corrected chi connectivity index (χ4v) is 17.3. The van der Waals surface area contributed by atoms with Gasteiger partial charge in [-0.25, -0.2) is 0 Å². The average Bonchev–Trinajstić information content (AvgIpc) is 1.77. The summed E-state index contributed by atoms with van der Waals surface area (Å²) in [7, 11) is -4.47. The Bertz CT molecular complexity index is 219. The monoisotopic (exact) mass is 498 g/mol. The van der Waals surface area contributed by atoms with Crippen LogP contribution in [-0.2, 0) is 4.12 Å². The van der Waals surface area contributed by atoms with Crippen LogP contribution in [-0.4, -0.2) is 21.8 Å². The molecule has 92 valence electrons. The van der Waals surface area contributed by atoms with Gasteiger partial charge in [0.25, 0.3) is 8.32 Å². The Hall–Kier alpha value is 2.70. The highest BCUT2D eigenvalue weighted by Gasteiger charge is 2.62. The molecule has 0 fully saturated rings. The normalized spacial score (nSPS) is 18.8. The Balaban J connectivity index is 5.26. The standard InChI is InChI=1S/C6H12Br3Cl3OSi2/c1-14(2,3)13-15(4,5(7,8)9)6(10,11)12/h1-4H3. The van der Waals surface area contributed by atoms with Crippen LogP contribution in [0.4, 0.5) is 0 Å². The third kappa shape index (κ3) is 5.06. The summed E-state index contributed by atoms with van der Waals surface area (Å²) in [5.74, 6) is 0. The fourth-order valence-electron chi connectivity index (χ4n) is 0.889. The fraction of sp³-hybridized carbons (Fsp3) is 1.00. The van der Waals surface area contributed by atoms with Crippen LogP contribution in [0.2, 0.25) is 26.2 Å². The lowest BCUT2D eigenvalue weighted by molar-refractivity contribution is 0.545. The second kappa shape index (κ2) is 5.37. The zero-order chi connectivity index (χ0) is 12.7. The van der Waals surface area contributed by atoms with Crippen molar-refractivity contribution in [1.82, 2.24) is 0 Å². The van der Waals surface area contributed by atoms with Gasteiger partial charge in [0.05, 0.1) is 0 Å². The minimum absolute atomic E-state index is 0.661. The predicted octanol–water partition coefficient (Wildman–Crippen LogP) is 5.70. The van der Waals surface area contributed by atoms with Gasteiger partial charge in [0.15, 0.2) is 10.1 Å². The molecule has 1 atom stereocenters. The summed E-state index contributed by atoms with van der Waals surface area (Å²) in [4.78, 5) is 0. The zero-order valence-corrected chi connectivity index (χ0v) is 17.7. The van der Waals surface area contributed by atoms with E-state index in [4.69, 9.17) is 38.9 Å². The van der Waals surface area contributed by atoms with E-state index in [-0.39, 0.29) is 0 Å². The molecular weight excluding hydrogens is 490 g/mol. The van der Waals surface area contributed by atoms with Crippen molar-refractivity contribution in [2.45, 2.75) is 31.4 Å². The van der Waals surface area contributed by atoms with Gasteiger partial charge in [-0.05, 0) is 26.2 Å². The Morgan fingerprint density at radius 3 is 1.33 bits per heavy atom. The number of rotatable bonds is 2. The van der Waals surface area contributed by atoms with Crippen LogP contribution in [0.3, 0.4) is 0 Å². The first-order chi connectivity index (χ1) is 6.21. The van der Waals surface area contributed by atoms with Crippen LogP contribution in [0.1, 0.15) is 0 Å². The Labute approximate surface area is 133 Å². The molecule has 0 spiro atoms. The molecule has 0 aromatic heterocycles. The number of alkyl halides is 6. The van der Waals surface area contributed by atoms with Crippen LogP contribution < -0.4 is 0 Å². The molecule has 1 unspecified atom stereocenters. The molecule has 9 heteroatoms. The lowest BCUT2D eigenvalue weighted by atomic mass is 11.8. The highest BCUT2D eigenvalue weighted by molar-refractivity contribution is 9.40. The highest BCUT2D eigenvalue weighted by atomic mass is 80.0. The van der Waals surface area contributed by atoms with E-state index < -0.39 is 21.8 Å². The molecule has 0 saturated heterocycles. The number of hydrogen-bond acceptors (Lipinski definition) is 1. The lowest BCUT2D eigenvalue weighted by Crippen LogP contribution is -2.62. The Morgan fingerprint density at radius 2 is 1.27 bits per heavy atom. The van der Waals surface area contributed by atoms with Crippen LogP contribution in [0.5, 0.6) is 0 Å². The van der Waals surface area contributed by atoms with Gasteiger partial charge in [0.1, 0.15) is 0 Å². The van der Waals surface area contributed by atoms with Gasteiger partial charge in [-0.1, -0.05) is 82.6 Å². The molecule has 0 aliphatic heterocycles. The summed E-state index contributed by atoms with van der Waals surface area (Å²) < 4.78 is 4.01. The third-order valence-electron chi connectivity index (χ3n) is 1.59. The SMILES string of the molecule is C[Si](C)(C)O[Si](C)(C(Cl)(Cl)Cl)C(Br)(Br)Br. The van der Waals surface area contributed by atoms with Crippen LogP contribution in [0.15, 0.2) is 0 Å². The van der Waals surface area contributed by atoms with Crippen LogP contribution >= 0.6 is 82.6 Å². The Kier molecular flexibility index (Phi) is 6.33. The Morgan fingerprint density at radius 1 is 0.933 bits per heavy atom. The van der Waals surface area contributed by atoms with E-state index in [0.717, 1.165) is 0 Å². The average molecular weight is 502 g/mol. The van der Waals surface area contributed by atoms with Crippen LogP contribution in [0, 0.1) is 0 Å². The molecule has 0 aromatic rings. The largest absolute Gasteiger partial charge is 0.451 e. The van der Waals surface area contributed by atoms with Crippen molar-refractivity contribution in [1.29, 1.82) is 0 Å². The molecule has 0 bridgehead atoms. The van der Waals surface area contributed by atoms with Crippen LogP contribution in [0.25, 0.3) is 0 Å². The molecule has 0 aliphatic carbocycles. The predicted molar refractivity (Wildman–Crippen MR) is 85.9 cm³/mol. The van der Waals surface area contributed by atoms with Crippen molar-refractivity contribution in [3.05, 3.63) is 0 Å². The van der Waals surface area contributed by atoms with E-state index in [1.54, 1.807) is 0 Å². The first-order valence-corrected chi connectivity index (χ1v) is 13.4. The summed E-state index contributed by atoms with van der Waals surface area (Å²) in [6, 6.07) is 0. The van der Waals surface area contributed by atoms with Crippen molar-refractivity contribution in [3.8, 4) is 0 Å². The van der Waals surface area contributed by atoms with Crippen molar-refractivity contribution in [2.75, 3.05) is 0 Å². The molecule has 0 radical (unpaired) electrons. The smallest absolute Gasteiger partial charge is 0.273 e. The van der Waals surface area contributed by atoms with Gasteiger partial charge in [-0.2, -0.15) is 0 Å². The molecular formula is C6H12Br3Cl3OSi2. The topological polar surface area (TPSA) is 9.23 Å². The molecule has 0 N–H and O–H groups in total. The van der Waals surface area contributed by atoms with E-state index >= 15 is 0 Å². The van der Waals surface area contributed by atoms with Crippen molar-refractivity contribution >= 4 is 99.2 Å².